The predicted octanol–water partition coefficient (Wildman–Crippen LogP) is 4.44. The normalized spacial score (nSPS) is 29.2. The smallest absolute Gasteiger partial charge is 0.128 e. The summed E-state index contributed by atoms with van der Waals surface area (Å²) in [6.07, 6.45) is 3.50. The fourth-order valence-corrected chi connectivity index (χ4v) is 3.37. The Morgan fingerprint density at radius 1 is 1.11 bits per heavy atom. The van der Waals surface area contributed by atoms with Gasteiger partial charge < -0.3 is 5.32 Å². The second kappa shape index (κ2) is 6.00. The molecular formula is C16H23F2N. The Morgan fingerprint density at radius 2 is 1.74 bits per heavy atom. The summed E-state index contributed by atoms with van der Waals surface area (Å²) in [5.74, 6) is 0.686. The van der Waals surface area contributed by atoms with Crippen LogP contribution < -0.4 is 5.32 Å². The molecule has 0 aromatic heterocycles. The second-order valence-electron chi connectivity index (χ2n) is 6.17. The fourth-order valence-electron chi connectivity index (χ4n) is 3.37. The van der Waals surface area contributed by atoms with Gasteiger partial charge in [-0.15, -0.1) is 0 Å². The van der Waals surface area contributed by atoms with Crippen molar-refractivity contribution >= 4 is 0 Å². The molecule has 0 radical (unpaired) electrons. The van der Waals surface area contributed by atoms with Gasteiger partial charge in [-0.25, -0.2) is 8.78 Å². The number of hydrogen-bond donors (Lipinski definition) is 1. The zero-order valence-electron chi connectivity index (χ0n) is 11.9. The Hall–Kier alpha value is -0.960. The standard InChI is InChI=1S/C16H23F2N/c1-10-6-11(2)8-14(7-10)19-12(3)15-9-13(17)4-5-16(15)18/h4-5,9-12,14,19H,6-8H2,1-3H3. The molecule has 0 bridgehead atoms. The molecule has 2 rings (SSSR count). The van der Waals surface area contributed by atoms with Crippen molar-refractivity contribution in [3.63, 3.8) is 0 Å². The minimum atomic E-state index is -0.379. The van der Waals surface area contributed by atoms with Gasteiger partial charge in [0.1, 0.15) is 11.6 Å². The van der Waals surface area contributed by atoms with E-state index < -0.39 is 0 Å². The third-order valence-electron chi connectivity index (χ3n) is 4.09. The first-order valence-electron chi connectivity index (χ1n) is 7.16. The zero-order valence-corrected chi connectivity index (χ0v) is 11.9. The molecule has 19 heavy (non-hydrogen) atoms. The van der Waals surface area contributed by atoms with Crippen molar-refractivity contribution < 1.29 is 8.78 Å². The summed E-state index contributed by atoms with van der Waals surface area (Å²) in [6.45, 7) is 6.43. The zero-order chi connectivity index (χ0) is 14.0. The molecule has 1 saturated carbocycles. The van der Waals surface area contributed by atoms with Gasteiger partial charge in [0, 0.05) is 17.6 Å². The Morgan fingerprint density at radius 3 is 2.37 bits per heavy atom. The summed E-state index contributed by atoms with van der Waals surface area (Å²) < 4.78 is 26.9. The SMILES string of the molecule is CC1CC(C)CC(NC(C)c2cc(F)ccc2F)C1. The van der Waals surface area contributed by atoms with E-state index in [-0.39, 0.29) is 17.7 Å². The van der Waals surface area contributed by atoms with Gasteiger partial charge in [0.05, 0.1) is 0 Å². The summed E-state index contributed by atoms with van der Waals surface area (Å²) in [5.41, 5.74) is 0.422. The number of rotatable bonds is 3. The molecule has 0 heterocycles. The molecule has 3 heteroatoms. The fraction of sp³-hybridized carbons (Fsp3) is 0.625. The lowest BCUT2D eigenvalue weighted by Gasteiger charge is -2.34. The monoisotopic (exact) mass is 267 g/mol. The lowest BCUT2D eigenvalue weighted by molar-refractivity contribution is 0.227. The van der Waals surface area contributed by atoms with E-state index in [2.05, 4.69) is 19.2 Å². The molecule has 0 saturated heterocycles. The molecule has 1 fully saturated rings. The second-order valence-corrected chi connectivity index (χ2v) is 6.17. The van der Waals surface area contributed by atoms with Gasteiger partial charge in [-0.05, 0) is 56.2 Å². The maximum Gasteiger partial charge on any atom is 0.128 e. The van der Waals surface area contributed by atoms with E-state index in [4.69, 9.17) is 0 Å². The molecule has 0 amide bonds. The van der Waals surface area contributed by atoms with E-state index in [1.807, 2.05) is 6.92 Å². The quantitative estimate of drug-likeness (QED) is 0.853. The van der Waals surface area contributed by atoms with Crippen LogP contribution in [0.2, 0.25) is 0 Å². The molecule has 1 aliphatic carbocycles. The highest BCUT2D eigenvalue weighted by molar-refractivity contribution is 5.22. The van der Waals surface area contributed by atoms with Crippen molar-refractivity contribution in [1.82, 2.24) is 5.32 Å². The van der Waals surface area contributed by atoms with Crippen LogP contribution in [0.25, 0.3) is 0 Å². The van der Waals surface area contributed by atoms with E-state index >= 15 is 0 Å². The van der Waals surface area contributed by atoms with E-state index in [0.29, 0.717) is 23.4 Å². The Labute approximate surface area is 114 Å². The molecule has 1 nitrogen and oxygen atoms in total. The predicted molar refractivity (Wildman–Crippen MR) is 73.9 cm³/mol. The highest BCUT2D eigenvalue weighted by Gasteiger charge is 2.25. The van der Waals surface area contributed by atoms with Crippen molar-refractivity contribution in [2.24, 2.45) is 11.8 Å². The molecule has 1 aliphatic rings. The average Bonchev–Trinajstić information content (AvgIpc) is 2.30. The summed E-state index contributed by atoms with van der Waals surface area (Å²) >= 11 is 0. The van der Waals surface area contributed by atoms with Gasteiger partial charge in [-0.2, -0.15) is 0 Å². The number of halogens is 2. The maximum absolute atomic E-state index is 13.7. The van der Waals surface area contributed by atoms with Crippen molar-refractivity contribution in [2.45, 2.75) is 52.1 Å². The van der Waals surface area contributed by atoms with Crippen molar-refractivity contribution in [1.29, 1.82) is 0 Å². The lowest BCUT2D eigenvalue weighted by Crippen LogP contribution is -2.38. The van der Waals surface area contributed by atoms with Crippen LogP contribution >= 0.6 is 0 Å². The van der Waals surface area contributed by atoms with E-state index in [0.717, 1.165) is 18.9 Å². The Kier molecular flexibility index (Phi) is 4.56. The Balaban J connectivity index is 2.04. The van der Waals surface area contributed by atoms with Gasteiger partial charge in [-0.1, -0.05) is 13.8 Å². The molecular weight excluding hydrogens is 244 g/mol. The summed E-state index contributed by atoms with van der Waals surface area (Å²) in [6, 6.07) is 3.91. The molecule has 3 atom stereocenters. The van der Waals surface area contributed by atoms with Crippen molar-refractivity contribution in [3.8, 4) is 0 Å². The van der Waals surface area contributed by atoms with Gasteiger partial charge in [0.15, 0.2) is 0 Å². The van der Waals surface area contributed by atoms with E-state index in [1.165, 1.54) is 18.6 Å². The van der Waals surface area contributed by atoms with Gasteiger partial charge in [0.25, 0.3) is 0 Å². The molecule has 3 unspecified atom stereocenters. The molecule has 106 valence electrons. The van der Waals surface area contributed by atoms with Crippen LogP contribution in [0.4, 0.5) is 8.78 Å². The van der Waals surface area contributed by atoms with Gasteiger partial charge >= 0.3 is 0 Å². The average molecular weight is 267 g/mol. The van der Waals surface area contributed by atoms with Crippen molar-refractivity contribution in [3.05, 3.63) is 35.4 Å². The number of nitrogens with one attached hydrogen (secondary N) is 1. The third kappa shape index (κ3) is 3.75. The third-order valence-corrected chi connectivity index (χ3v) is 4.09. The molecule has 1 aromatic rings. The van der Waals surface area contributed by atoms with Gasteiger partial charge in [0.2, 0.25) is 0 Å². The van der Waals surface area contributed by atoms with Crippen LogP contribution in [0.1, 0.15) is 51.6 Å². The molecule has 0 spiro atoms. The lowest BCUT2D eigenvalue weighted by atomic mass is 9.80. The Bertz CT molecular complexity index is 423. The summed E-state index contributed by atoms with van der Waals surface area (Å²) in [5, 5.41) is 3.46. The van der Waals surface area contributed by atoms with Crippen LogP contribution in [-0.2, 0) is 0 Å². The molecule has 1 aromatic carbocycles. The van der Waals surface area contributed by atoms with Crippen LogP contribution in [0.15, 0.2) is 18.2 Å². The van der Waals surface area contributed by atoms with E-state index in [9.17, 15) is 8.78 Å². The largest absolute Gasteiger partial charge is 0.307 e. The first kappa shape index (κ1) is 14.4. The highest BCUT2D eigenvalue weighted by atomic mass is 19.1. The summed E-state index contributed by atoms with van der Waals surface area (Å²) in [4.78, 5) is 0. The highest BCUT2D eigenvalue weighted by Crippen LogP contribution is 2.30. The van der Waals surface area contributed by atoms with Crippen molar-refractivity contribution in [2.75, 3.05) is 0 Å². The van der Waals surface area contributed by atoms with Gasteiger partial charge in [-0.3, -0.25) is 0 Å². The maximum atomic E-state index is 13.7. The van der Waals surface area contributed by atoms with Crippen LogP contribution in [0.3, 0.4) is 0 Å². The summed E-state index contributed by atoms with van der Waals surface area (Å²) in [7, 11) is 0. The first-order chi connectivity index (χ1) is 8.95. The minimum absolute atomic E-state index is 0.154. The van der Waals surface area contributed by atoms with E-state index in [1.54, 1.807) is 0 Å². The first-order valence-corrected chi connectivity index (χ1v) is 7.16. The van der Waals surface area contributed by atoms with Crippen LogP contribution in [0.5, 0.6) is 0 Å². The molecule has 0 aliphatic heterocycles. The minimum Gasteiger partial charge on any atom is -0.307 e. The number of benzene rings is 1. The van der Waals surface area contributed by atoms with Crippen LogP contribution in [-0.4, -0.2) is 6.04 Å². The topological polar surface area (TPSA) is 12.0 Å². The van der Waals surface area contributed by atoms with Crippen LogP contribution in [0, 0.1) is 23.5 Å². The number of hydrogen-bond acceptors (Lipinski definition) is 1. The molecule has 1 N–H and O–H groups in total.